The first-order valence-corrected chi connectivity index (χ1v) is 12.2. The second-order valence-corrected chi connectivity index (χ2v) is 10.4. The number of benzene rings is 1. The van der Waals surface area contributed by atoms with Gasteiger partial charge in [0.1, 0.15) is 5.75 Å². The maximum absolute atomic E-state index is 13.5. The van der Waals surface area contributed by atoms with Crippen molar-refractivity contribution in [2.24, 2.45) is 11.7 Å². The number of methoxy groups -OCH3 is 2. The number of nitrogens with two attached hydrogens (primary N) is 1. The number of thiazole rings is 1. The lowest BCUT2D eigenvalue weighted by molar-refractivity contribution is -0.138. The molecule has 0 saturated carbocycles. The molecule has 0 aliphatic carbocycles. The topological polar surface area (TPSA) is 113 Å². The number of ether oxygens (including phenoxy) is 3. The van der Waals surface area contributed by atoms with Gasteiger partial charge in [0.15, 0.2) is 22.0 Å². The summed E-state index contributed by atoms with van der Waals surface area (Å²) in [5, 5.41) is 0.371. The summed E-state index contributed by atoms with van der Waals surface area (Å²) in [4.78, 5) is 28.2. The summed E-state index contributed by atoms with van der Waals surface area (Å²) in [7, 11) is 2.67. The Labute approximate surface area is 214 Å². The number of halogens is 3. The van der Waals surface area contributed by atoms with Crippen LogP contribution in [-0.2, 0) is 11.8 Å². The van der Waals surface area contributed by atoms with Crippen molar-refractivity contribution >= 4 is 17.2 Å². The predicted molar refractivity (Wildman–Crippen MR) is 129 cm³/mol. The SMILES string of the molecule is COc1nc(-c2nc3c(s2)C2(CN(CC(C)C)C2)Oc2cc(C(F)(F)F)ccc2-3)nc(OC)c1C(N)=O. The molecule has 1 fully saturated rings. The number of amides is 1. The molecule has 37 heavy (non-hydrogen) atoms. The zero-order valence-corrected chi connectivity index (χ0v) is 21.3. The Hall–Kier alpha value is -3.45. The van der Waals surface area contributed by atoms with Crippen molar-refractivity contribution in [3.8, 4) is 39.6 Å². The smallest absolute Gasteiger partial charge is 0.416 e. The first kappa shape index (κ1) is 25.2. The molecule has 196 valence electrons. The van der Waals surface area contributed by atoms with Crippen LogP contribution in [0.2, 0.25) is 0 Å². The second-order valence-electron chi connectivity index (χ2n) is 9.37. The fourth-order valence-electron chi connectivity index (χ4n) is 4.69. The maximum Gasteiger partial charge on any atom is 0.416 e. The molecule has 13 heteroatoms. The van der Waals surface area contributed by atoms with Gasteiger partial charge in [-0.3, -0.25) is 9.69 Å². The van der Waals surface area contributed by atoms with Gasteiger partial charge in [0, 0.05) is 25.2 Å². The molecule has 1 spiro atoms. The number of primary amides is 1. The number of carbonyl (C=O) groups excluding carboxylic acids is 1. The van der Waals surface area contributed by atoms with Crippen LogP contribution in [0.5, 0.6) is 17.5 Å². The lowest BCUT2D eigenvalue weighted by atomic mass is 9.86. The van der Waals surface area contributed by atoms with Gasteiger partial charge in [0.25, 0.3) is 5.91 Å². The van der Waals surface area contributed by atoms with Gasteiger partial charge in [-0.1, -0.05) is 13.8 Å². The van der Waals surface area contributed by atoms with Crippen LogP contribution < -0.4 is 19.9 Å². The van der Waals surface area contributed by atoms with E-state index in [4.69, 9.17) is 24.9 Å². The third-order valence-electron chi connectivity index (χ3n) is 6.16. The summed E-state index contributed by atoms with van der Waals surface area (Å²) in [6.07, 6.45) is -4.51. The summed E-state index contributed by atoms with van der Waals surface area (Å²) in [5.41, 5.74) is 4.66. The molecular weight excluding hydrogens is 511 g/mol. The summed E-state index contributed by atoms with van der Waals surface area (Å²) in [6.45, 7) is 6.03. The van der Waals surface area contributed by atoms with Gasteiger partial charge >= 0.3 is 6.18 Å². The van der Waals surface area contributed by atoms with Gasteiger partial charge in [-0.15, -0.1) is 11.3 Å². The molecule has 2 aliphatic rings. The van der Waals surface area contributed by atoms with Crippen LogP contribution in [0.25, 0.3) is 22.1 Å². The van der Waals surface area contributed by atoms with Crippen molar-refractivity contribution in [2.75, 3.05) is 33.9 Å². The molecule has 0 unspecified atom stereocenters. The number of rotatable bonds is 6. The minimum atomic E-state index is -4.51. The summed E-state index contributed by atoms with van der Waals surface area (Å²) < 4.78 is 57.2. The highest BCUT2D eigenvalue weighted by Gasteiger charge is 2.53. The molecule has 0 atom stereocenters. The Morgan fingerprint density at radius 2 is 1.84 bits per heavy atom. The number of fused-ring (bicyclic) bond motifs is 4. The lowest BCUT2D eigenvalue weighted by Crippen LogP contribution is -2.63. The third kappa shape index (κ3) is 4.25. The van der Waals surface area contributed by atoms with E-state index in [1.165, 1.54) is 31.6 Å². The van der Waals surface area contributed by atoms with Gasteiger partial charge in [0.05, 0.1) is 30.4 Å². The van der Waals surface area contributed by atoms with Crippen molar-refractivity contribution in [1.29, 1.82) is 0 Å². The maximum atomic E-state index is 13.5. The standard InChI is InChI=1S/C24H24F3N5O4S/c1-11(2)8-32-9-23(10-32)17-16(13-6-5-12(24(25,26)27)7-14(13)36-23)29-22(37-17)19-30-20(34-3)15(18(28)33)21(31-19)35-4/h5-7,11H,8-10H2,1-4H3,(H2,28,33). The van der Waals surface area contributed by atoms with E-state index in [1.807, 2.05) is 0 Å². The van der Waals surface area contributed by atoms with Crippen LogP contribution in [0.1, 0.15) is 34.6 Å². The molecule has 2 aromatic heterocycles. The Bertz CT molecular complexity index is 1360. The molecule has 0 bridgehead atoms. The Morgan fingerprint density at radius 1 is 1.19 bits per heavy atom. The zero-order chi connectivity index (χ0) is 26.7. The van der Waals surface area contributed by atoms with E-state index in [2.05, 4.69) is 28.7 Å². The number of alkyl halides is 3. The predicted octanol–water partition coefficient (Wildman–Crippen LogP) is 3.96. The number of carbonyl (C=O) groups is 1. The van der Waals surface area contributed by atoms with E-state index in [0.29, 0.717) is 35.3 Å². The van der Waals surface area contributed by atoms with Crippen molar-refractivity contribution in [3.05, 3.63) is 34.2 Å². The molecule has 2 aliphatic heterocycles. The molecule has 3 aromatic rings. The number of aromatic nitrogens is 3. The first-order valence-electron chi connectivity index (χ1n) is 11.4. The molecule has 9 nitrogen and oxygen atoms in total. The highest BCUT2D eigenvalue weighted by Crippen LogP contribution is 2.53. The first-order chi connectivity index (χ1) is 17.5. The van der Waals surface area contributed by atoms with Crippen molar-refractivity contribution < 1.29 is 32.2 Å². The minimum Gasteiger partial charge on any atom is -0.480 e. The van der Waals surface area contributed by atoms with Crippen LogP contribution in [-0.4, -0.2) is 59.6 Å². The van der Waals surface area contributed by atoms with E-state index >= 15 is 0 Å². The van der Waals surface area contributed by atoms with Crippen LogP contribution in [0.15, 0.2) is 18.2 Å². The van der Waals surface area contributed by atoms with Crippen LogP contribution in [0, 0.1) is 5.92 Å². The normalized spacial score (nSPS) is 16.1. The van der Waals surface area contributed by atoms with E-state index in [0.717, 1.165) is 23.6 Å². The average Bonchev–Trinajstić information content (AvgIpc) is 3.27. The quantitative estimate of drug-likeness (QED) is 0.505. The van der Waals surface area contributed by atoms with E-state index < -0.39 is 23.2 Å². The number of hydrogen-bond acceptors (Lipinski definition) is 9. The van der Waals surface area contributed by atoms with Gasteiger partial charge in [-0.05, 0) is 24.1 Å². The van der Waals surface area contributed by atoms with Crippen LogP contribution in [0.4, 0.5) is 13.2 Å². The Kier molecular flexibility index (Phi) is 6.02. The van der Waals surface area contributed by atoms with E-state index in [-0.39, 0.29) is 28.9 Å². The monoisotopic (exact) mass is 535 g/mol. The van der Waals surface area contributed by atoms with Gasteiger partial charge in [-0.2, -0.15) is 23.1 Å². The molecule has 4 heterocycles. The summed E-state index contributed by atoms with van der Waals surface area (Å²) >= 11 is 1.28. The number of nitrogens with zero attached hydrogens (tertiary/aromatic N) is 4. The van der Waals surface area contributed by atoms with E-state index in [9.17, 15) is 18.0 Å². The third-order valence-corrected chi connectivity index (χ3v) is 7.40. The Balaban J connectivity index is 1.64. The molecule has 1 aromatic carbocycles. The highest BCUT2D eigenvalue weighted by molar-refractivity contribution is 7.15. The van der Waals surface area contributed by atoms with Crippen molar-refractivity contribution in [3.63, 3.8) is 0 Å². The summed E-state index contributed by atoms with van der Waals surface area (Å²) in [5.74, 6) is -0.298. The van der Waals surface area contributed by atoms with Gasteiger partial charge in [0.2, 0.25) is 11.8 Å². The average molecular weight is 536 g/mol. The van der Waals surface area contributed by atoms with Crippen LogP contribution in [0.3, 0.4) is 0 Å². The number of hydrogen-bond donors (Lipinski definition) is 1. The van der Waals surface area contributed by atoms with Crippen molar-refractivity contribution in [2.45, 2.75) is 25.6 Å². The fraction of sp³-hybridized carbons (Fsp3) is 0.417. The van der Waals surface area contributed by atoms with Gasteiger partial charge in [-0.25, -0.2) is 4.98 Å². The molecular formula is C24H24F3N5O4S. The lowest BCUT2D eigenvalue weighted by Gasteiger charge is -2.51. The van der Waals surface area contributed by atoms with Gasteiger partial charge < -0.3 is 19.9 Å². The Morgan fingerprint density at radius 3 is 2.38 bits per heavy atom. The molecule has 1 amide bonds. The van der Waals surface area contributed by atoms with E-state index in [1.54, 1.807) is 0 Å². The zero-order valence-electron chi connectivity index (χ0n) is 20.5. The second kappa shape index (κ2) is 8.84. The molecule has 1 saturated heterocycles. The number of likely N-dealkylation sites (tertiary alicyclic amines) is 1. The summed E-state index contributed by atoms with van der Waals surface area (Å²) in [6, 6.07) is 3.41. The largest absolute Gasteiger partial charge is 0.480 e. The van der Waals surface area contributed by atoms with Crippen molar-refractivity contribution in [1.82, 2.24) is 19.9 Å². The highest BCUT2D eigenvalue weighted by atomic mass is 32.1. The molecule has 5 rings (SSSR count). The molecule has 0 radical (unpaired) electrons. The van der Waals surface area contributed by atoms with Crippen LogP contribution >= 0.6 is 11.3 Å². The fourth-order valence-corrected chi connectivity index (χ4v) is 5.82. The molecule has 2 N–H and O–H groups in total. The minimum absolute atomic E-state index is 0.0737.